The first kappa shape index (κ1) is 16.4. The molecule has 3 rings (SSSR count). The van der Waals surface area contributed by atoms with Gasteiger partial charge in [0.05, 0.1) is 6.20 Å². The molecule has 5 nitrogen and oxygen atoms in total. The van der Waals surface area contributed by atoms with Crippen LogP contribution in [0.3, 0.4) is 0 Å². The van der Waals surface area contributed by atoms with Gasteiger partial charge in [0.1, 0.15) is 0 Å². The first-order valence-electron chi connectivity index (χ1n) is 8.68. The standard InChI is InChI=1S/C19H25N5/c1-24(15-17-10-6-3-7-11-17)19-22-18(14-21-23-19)20-13-12-16-8-4-2-5-9-16/h3,6-8,10-11,14H,2,4-5,9,12-13,15H2,1H3,(H,20,22,23). The van der Waals surface area contributed by atoms with Crippen molar-refractivity contribution in [2.24, 2.45) is 0 Å². The van der Waals surface area contributed by atoms with Crippen LogP contribution in [0.25, 0.3) is 0 Å². The molecule has 0 saturated carbocycles. The quantitative estimate of drug-likeness (QED) is 0.785. The van der Waals surface area contributed by atoms with Gasteiger partial charge in [-0.1, -0.05) is 42.0 Å². The molecule has 0 radical (unpaired) electrons. The minimum atomic E-state index is 0.640. The normalized spacial score (nSPS) is 14.1. The van der Waals surface area contributed by atoms with Crippen LogP contribution in [0.2, 0.25) is 0 Å². The third-order valence-electron chi connectivity index (χ3n) is 4.29. The Morgan fingerprint density at radius 3 is 2.83 bits per heavy atom. The van der Waals surface area contributed by atoms with E-state index in [1.165, 1.54) is 31.2 Å². The van der Waals surface area contributed by atoms with Crippen molar-refractivity contribution in [3.63, 3.8) is 0 Å². The number of nitrogens with one attached hydrogen (secondary N) is 1. The van der Waals surface area contributed by atoms with Crippen molar-refractivity contribution in [1.82, 2.24) is 15.2 Å². The van der Waals surface area contributed by atoms with Gasteiger partial charge in [0.25, 0.3) is 0 Å². The van der Waals surface area contributed by atoms with Gasteiger partial charge in [-0.2, -0.15) is 10.1 Å². The van der Waals surface area contributed by atoms with Crippen molar-refractivity contribution >= 4 is 11.8 Å². The number of rotatable bonds is 7. The van der Waals surface area contributed by atoms with Gasteiger partial charge in [0.2, 0.25) is 5.95 Å². The van der Waals surface area contributed by atoms with Crippen molar-refractivity contribution in [2.75, 3.05) is 23.8 Å². The van der Waals surface area contributed by atoms with E-state index in [0.717, 1.165) is 25.3 Å². The molecule has 2 aromatic rings. The van der Waals surface area contributed by atoms with E-state index in [0.29, 0.717) is 5.95 Å². The zero-order valence-corrected chi connectivity index (χ0v) is 14.3. The fraction of sp³-hybridized carbons (Fsp3) is 0.421. The summed E-state index contributed by atoms with van der Waals surface area (Å²) in [5, 5.41) is 11.6. The minimum absolute atomic E-state index is 0.640. The van der Waals surface area contributed by atoms with Gasteiger partial charge < -0.3 is 10.2 Å². The van der Waals surface area contributed by atoms with Crippen LogP contribution in [0.1, 0.15) is 37.7 Å². The van der Waals surface area contributed by atoms with E-state index < -0.39 is 0 Å². The number of benzene rings is 1. The highest BCUT2D eigenvalue weighted by Crippen LogP contribution is 2.20. The Labute approximate surface area is 143 Å². The SMILES string of the molecule is CN(Cc1ccccc1)c1nncc(NCCC2=CCCCC2)n1. The summed E-state index contributed by atoms with van der Waals surface area (Å²) in [4.78, 5) is 6.58. The molecule has 0 fully saturated rings. The molecule has 0 amide bonds. The number of allylic oxidation sites excluding steroid dienone is 1. The Balaban J connectivity index is 1.54. The highest BCUT2D eigenvalue weighted by atomic mass is 15.3. The Bertz CT molecular complexity index is 668. The highest BCUT2D eigenvalue weighted by molar-refractivity contribution is 5.39. The average molecular weight is 323 g/mol. The predicted molar refractivity (Wildman–Crippen MR) is 98.0 cm³/mol. The van der Waals surface area contributed by atoms with Crippen LogP contribution < -0.4 is 10.2 Å². The fourth-order valence-electron chi connectivity index (χ4n) is 2.95. The maximum Gasteiger partial charge on any atom is 0.247 e. The summed E-state index contributed by atoms with van der Waals surface area (Å²) in [6.45, 7) is 1.66. The van der Waals surface area contributed by atoms with Crippen molar-refractivity contribution in [2.45, 2.75) is 38.6 Å². The number of anilines is 2. The maximum absolute atomic E-state index is 4.57. The van der Waals surface area contributed by atoms with Crippen molar-refractivity contribution < 1.29 is 0 Å². The first-order chi connectivity index (χ1) is 11.8. The number of hydrogen-bond acceptors (Lipinski definition) is 5. The molecule has 126 valence electrons. The molecule has 0 bridgehead atoms. The summed E-state index contributed by atoms with van der Waals surface area (Å²) in [6, 6.07) is 10.3. The van der Waals surface area contributed by atoms with E-state index in [-0.39, 0.29) is 0 Å². The first-order valence-corrected chi connectivity index (χ1v) is 8.68. The molecule has 1 aliphatic carbocycles. The van der Waals surface area contributed by atoms with Crippen LogP contribution in [0.15, 0.2) is 48.2 Å². The van der Waals surface area contributed by atoms with E-state index in [1.54, 1.807) is 11.8 Å². The van der Waals surface area contributed by atoms with Crippen LogP contribution in [-0.4, -0.2) is 28.8 Å². The molecule has 0 saturated heterocycles. The average Bonchev–Trinajstić information content (AvgIpc) is 2.64. The zero-order valence-electron chi connectivity index (χ0n) is 14.3. The molecular weight excluding hydrogens is 298 g/mol. The summed E-state index contributed by atoms with van der Waals surface area (Å²) < 4.78 is 0. The molecule has 1 aliphatic rings. The van der Waals surface area contributed by atoms with Gasteiger partial charge in [0, 0.05) is 20.1 Å². The van der Waals surface area contributed by atoms with Gasteiger partial charge in [-0.05, 0) is 37.7 Å². The second-order valence-electron chi connectivity index (χ2n) is 6.27. The summed E-state index contributed by atoms with van der Waals surface area (Å²) in [7, 11) is 1.99. The summed E-state index contributed by atoms with van der Waals surface area (Å²) in [6.07, 6.45) is 10.3. The molecule has 1 heterocycles. The van der Waals surface area contributed by atoms with Crippen molar-refractivity contribution in [3.05, 3.63) is 53.7 Å². The molecule has 0 unspecified atom stereocenters. The van der Waals surface area contributed by atoms with Gasteiger partial charge in [-0.15, -0.1) is 5.10 Å². The van der Waals surface area contributed by atoms with E-state index in [1.807, 2.05) is 30.1 Å². The topological polar surface area (TPSA) is 53.9 Å². The van der Waals surface area contributed by atoms with E-state index in [9.17, 15) is 0 Å². The Hall–Kier alpha value is -2.43. The molecular formula is C19H25N5. The lowest BCUT2D eigenvalue weighted by molar-refractivity contribution is 0.679. The summed E-state index contributed by atoms with van der Waals surface area (Å²) >= 11 is 0. The molecule has 24 heavy (non-hydrogen) atoms. The Morgan fingerprint density at radius 2 is 2.04 bits per heavy atom. The third kappa shape index (κ3) is 4.78. The van der Waals surface area contributed by atoms with E-state index in [4.69, 9.17) is 0 Å². The predicted octanol–water partition coefficient (Wildman–Crippen LogP) is 3.81. The van der Waals surface area contributed by atoms with Crippen LogP contribution in [0.4, 0.5) is 11.8 Å². The molecule has 1 aromatic heterocycles. The molecule has 1 N–H and O–H groups in total. The minimum Gasteiger partial charge on any atom is -0.368 e. The smallest absolute Gasteiger partial charge is 0.247 e. The fourth-order valence-corrected chi connectivity index (χ4v) is 2.95. The second kappa shape index (κ2) is 8.43. The Kier molecular flexibility index (Phi) is 5.77. The van der Waals surface area contributed by atoms with Crippen molar-refractivity contribution in [3.8, 4) is 0 Å². The number of hydrogen-bond donors (Lipinski definition) is 1. The molecule has 0 spiro atoms. The molecule has 0 atom stereocenters. The second-order valence-corrected chi connectivity index (χ2v) is 6.27. The van der Waals surface area contributed by atoms with Gasteiger partial charge in [-0.3, -0.25) is 0 Å². The van der Waals surface area contributed by atoms with Crippen LogP contribution in [0.5, 0.6) is 0 Å². The van der Waals surface area contributed by atoms with Crippen LogP contribution in [-0.2, 0) is 6.54 Å². The number of nitrogens with zero attached hydrogens (tertiary/aromatic N) is 4. The summed E-state index contributed by atoms with van der Waals surface area (Å²) in [5.41, 5.74) is 2.79. The van der Waals surface area contributed by atoms with Crippen LogP contribution in [0, 0.1) is 0 Å². The van der Waals surface area contributed by atoms with Gasteiger partial charge in [-0.25, -0.2) is 0 Å². The lowest BCUT2D eigenvalue weighted by Gasteiger charge is -2.17. The highest BCUT2D eigenvalue weighted by Gasteiger charge is 2.08. The molecule has 0 aliphatic heterocycles. The third-order valence-corrected chi connectivity index (χ3v) is 4.29. The van der Waals surface area contributed by atoms with Gasteiger partial charge >= 0.3 is 0 Å². The Morgan fingerprint density at radius 1 is 1.17 bits per heavy atom. The summed E-state index contributed by atoms with van der Waals surface area (Å²) in [5.74, 6) is 1.43. The van der Waals surface area contributed by atoms with Crippen LogP contribution >= 0.6 is 0 Å². The zero-order chi connectivity index (χ0) is 16.6. The van der Waals surface area contributed by atoms with Crippen molar-refractivity contribution in [1.29, 1.82) is 0 Å². The van der Waals surface area contributed by atoms with E-state index in [2.05, 4.69) is 38.7 Å². The van der Waals surface area contributed by atoms with E-state index >= 15 is 0 Å². The maximum atomic E-state index is 4.57. The lowest BCUT2D eigenvalue weighted by atomic mass is 9.97. The monoisotopic (exact) mass is 323 g/mol. The lowest BCUT2D eigenvalue weighted by Crippen LogP contribution is -2.20. The molecule has 1 aromatic carbocycles. The molecule has 5 heteroatoms. The largest absolute Gasteiger partial charge is 0.368 e. The van der Waals surface area contributed by atoms with Gasteiger partial charge in [0.15, 0.2) is 5.82 Å². The number of aromatic nitrogens is 3.